The van der Waals surface area contributed by atoms with Crippen molar-refractivity contribution < 1.29 is 4.42 Å². The van der Waals surface area contributed by atoms with Gasteiger partial charge < -0.3 is 4.42 Å². The third-order valence-corrected chi connectivity index (χ3v) is 3.95. The average molecular weight is 246 g/mol. The predicted molar refractivity (Wildman–Crippen MR) is 67.9 cm³/mol. The first kappa shape index (κ1) is 11.9. The number of furan rings is 1. The summed E-state index contributed by atoms with van der Waals surface area (Å²) in [6, 6.07) is 6.16. The molecule has 0 N–H and O–H groups in total. The molecule has 2 aromatic heterocycles. The highest BCUT2D eigenvalue weighted by molar-refractivity contribution is 7.15. The van der Waals surface area contributed by atoms with Gasteiger partial charge in [0.25, 0.3) is 0 Å². The van der Waals surface area contributed by atoms with E-state index in [9.17, 15) is 0 Å². The summed E-state index contributed by atoms with van der Waals surface area (Å²) in [5, 5.41) is 9.95. The molecular weight excluding hydrogens is 232 g/mol. The zero-order chi connectivity index (χ0) is 12.4. The Morgan fingerprint density at radius 2 is 2.24 bits per heavy atom. The maximum absolute atomic E-state index is 9.09. The molecule has 0 aliphatic carbocycles. The minimum atomic E-state index is -0.0580. The molecule has 1 unspecified atom stereocenters. The highest BCUT2D eigenvalue weighted by Crippen LogP contribution is 2.34. The highest BCUT2D eigenvalue weighted by Gasteiger charge is 2.18. The van der Waals surface area contributed by atoms with Crippen LogP contribution in [0.4, 0.5) is 0 Å². The molecule has 0 radical (unpaired) electrons. The second-order valence-corrected chi connectivity index (χ2v) is 5.00. The number of aromatic nitrogens is 1. The molecule has 0 bridgehead atoms. The standard InChI is InChI=1S/C13H14N2OS/c1-4-10(7-14)12-9(3)15-13(17-12)11-6-5-8(2)16-11/h5-6,10H,4H2,1-3H3. The maximum Gasteiger partial charge on any atom is 0.162 e. The second kappa shape index (κ2) is 4.72. The number of rotatable bonds is 3. The molecule has 0 aromatic carbocycles. The minimum Gasteiger partial charge on any atom is -0.459 e. The third-order valence-electron chi connectivity index (χ3n) is 2.66. The van der Waals surface area contributed by atoms with Crippen molar-refractivity contribution in [1.29, 1.82) is 5.26 Å². The zero-order valence-electron chi connectivity index (χ0n) is 10.2. The number of hydrogen-bond donors (Lipinski definition) is 0. The van der Waals surface area contributed by atoms with E-state index in [1.54, 1.807) is 11.3 Å². The normalized spacial score (nSPS) is 12.4. The van der Waals surface area contributed by atoms with Crippen LogP contribution in [0.3, 0.4) is 0 Å². The van der Waals surface area contributed by atoms with Crippen molar-refractivity contribution in [2.24, 2.45) is 0 Å². The Balaban J connectivity index is 2.40. The molecule has 0 spiro atoms. The summed E-state index contributed by atoms with van der Waals surface area (Å²) in [6.45, 7) is 5.88. The molecule has 0 amide bonds. The third kappa shape index (κ3) is 2.25. The summed E-state index contributed by atoms with van der Waals surface area (Å²) in [5.41, 5.74) is 0.937. The molecule has 1 atom stereocenters. The number of thiazole rings is 1. The van der Waals surface area contributed by atoms with Crippen LogP contribution < -0.4 is 0 Å². The van der Waals surface area contributed by atoms with E-state index in [0.717, 1.165) is 33.5 Å². The van der Waals surface area contributed by atoms with E-state index < -0.39 is 0 Å². The fourth-order valence-electron chi connectivity index (χ4n) is 1.72. The second-order valence-electron chi connectivity index (χ2n) is 3.97. The Labute approximate surface area is 105 Å². The van der Waals surface area contributed by atoms with Gasteiger partial charge >= 0.3 is 0 Å². The van der Waals surface area contributed by atoms with Gasteiger partial charge in [-0.25, -0.2) is 4.98 Å². The van der Waals surface area contributed by atoms with Gasteiger partial charge in [-0.1, -0.05) is 6.92 Å². The summed E-state index contributed by atoms with van der Waals surface area (Å²) in [5.74, 6) is 1.61. The molecule has 2 aromatic rings. The van der Waals surface area contributed by atoms with Gasteiger partial charge in [0.2, 0.25) is 0 Å². The fraction of sp³-hybridized carbons (Fsp3) is 0.385. The van der Waals surface area contributed by atoms with Crippen LogP contribution in [0.15, 0.2) is 16.5 Å². The average Bonchev–Trinajstić information content (AvgIpc) is 2.88. The van der Waals surface area contributed by atoms with E-state index in [0.29, 0.717) is 0 Å². The Hall–Kier alpha value is -1.60. The van der Waals surface area contributed by atoms with Crippen molar-refractivity contribution in [1.82, 2.24) is 4.98 Å². The first-order valence-electron chi connectivity index (χ1n) is 5.59. The number of hydrogen-bond acceptors (Lipinski definition) is 4. The van der Waals surface area contributed by atoms with Crippen LogP contribution in [0.2, 0.25) is 0 Å². The van der Waals surface area contributed by atoms with E-state index in [2.05, 4.69) is 11.1 Å². The Kier molecular flexibility index (Phi) is 3.30. The molecule has 0 saturated heterocycles. The molecule has 0 aliphatic heterocycles. The molecule has 0 fully saturated rings. The van der Waals surface area contributed by atoms with Crippen molar-refractivity contribution in [3.8, 4) is 16.8 Å². The molecule has 17 heavy (non-hydrogen) atoms. The quantitative estimate of drug-likeness (QED) is 0.821. The largest absolute Gasteiger partial charge is 0.459 e. The van der Waals surface area contributed by atoms with E-state index in [1.165, 1.54) is 0 Å². The van der Waals surface area contributed by atoms with Gasteiger partial charge in [0.1, 0.15) is 5.76 Å². The summed E-state index contributed by atoms with van der Waals surface area (Å²) in [4.78, 5) is 5.54. The van der Waals surface area contributed by atoms with Crippen molar-refractivity contribution in [2.75, 3.05) is 0 Å². The van der Waals surface area contributed by atoms with Gasteiger partial charge in [-0.3, -0.25) is 0 Å². The van der Waals surface area contributed by atoms with Crippen molar-refractivity contribution in [3.05, 3.63) is 28.5 Å². The van der Waals surface area contributed by atoms with Crippen LogP contribution in [0.1, 0.15) is 35.6 Å². The van der Waals surface area contributed by atoms with Crippen LogP contribution in [-0.4, -0.2) is 4.98 Å². The zero-order valence-corrected chi connectivity index (χ0v) is 11.0. The summed E-state index contributed by atoms with van der Waals surface area (Å²) in [6.07, 6.45) is 0.816. The molecule has 0 aliphatic rings. The molecule has 2 heterocycles. The summed E-state index contributed by atoms with van der Waals surface area (Å²) >= 11 is 1.56. The number of nitrogens with zero attached hydrogens (tertiary/aromatic N) is 2. The first-order valence-corrected chi connectivity index (χ1v) is 6.41. The van der Waals surface area contributed by atoms with Crippen molar-refractivity contribution in [3.63, 3.8) is 0 Å². The Morgan fingerprint density at radius 3 is 2.76 bits per heavy atom. The lowest BCUT2D eigenvalue weighted by molar-refractivity contribution is 0.548. The van der Waals surface area contributed by atoms with Gasteiger partial charge in [-0.15, -0.1) is 11.3 Å². The minimum absolute atomic E-state index is 0.0580. The smallest absolute Gasteiger partial charge is 0.162 e. The van der Waals surface area contributed by atoms with Gasteiger partial charge in [0.15, 0.2) is 10.8 Å². The fourth-order valence-corrected chi connectivity index (χ4v) is 2.88. The maximum atomic E-state index is 9.09. The van der Waals surface area contributed by atoms with E-state index >= 15 is 0 Å². The number of nitriles is 1. The van der Waals surface area contributed by atoms with Crippen LogP contribution in [0, 0.1) is 25.2 Å². The van der Waals surface area contributed by atoms with E-state index in [4.69, 9.17) is 9.68 Å². The molecule has 3 nitrogen and oxygen atoms in total. The molecule has 4 heteroatoms. The molecule has 2 rings (SSSR count). The first-order chi connectivity index (χ1) is 8.15. The Bertz CT molecular complexity index is 562. The lowest BCUT2D eigenvalue weighted by Crippen LogP contribution is -1.92. The lowest BCUT2D eigenvalue weighted by atomic mass is 10.1. The highest BCUT2D eigenvalue weighted by atomic mass is 32.1. The van der Waals surface area contributed by atoms with Crippen LogP contribution in [-0.2, 0) is 0 Å². The van der Waals surface area contributed by atoms with Gasteiger partial charge in [0, 0.05) is 4.88 Å². The molecule has 88 valence electrons. The topological polar surface area (TPSA) is 49.8 Å². The number of aryl methyl sites for hydroxylation is 2. The van der Waals surface area contributed by atoms with Crippen LogP contribution in [0.25, 0.3) is 10.8 Å². The SMILES string of the molecule is CCC(C#N)c1sc(-c2ccc(C)o2)nc1C. The molecule has 0 saturated carbocycles. The van der Waals surface area contributed by atoms with E-state index in [1.807, 2.05) is 32.9 Å². The van der Waals surface area contributed by atoms with Gasteiger partial charge in [-0.2, -0.15) is 5.26 Å². The molecular formula is C13H14N2OS. The van der Waals surface area contributed by atoms with Crippen molar-refractivity contribution in [2.45, 2.75) is 33.1 Å². The van der Waals surface area contributed by atoms with Crippen LogP contribution in [0.5, 0.6) is 0 Å². The summed E-state index contributed by atoms with van der Waals surface area (Å²) < 4.78 is 5.55. The summed E-state index contributed by atoms with van der Waals surface area (Å²) in [7, 11) is 0. The van der Waals surface area contributed by atoms with Gasteiger partial charge in [0.05, 0.1) is 17.7 Å². The monoisotopic (exact) mass is 246 g/mol. The Morgan fingerprint density at radius 1 is 1.47 bits per heavy atom. The van der Waals surface area contributed by atoms with E-state index in [-0.39, 0.29) is 5.92 Å². The van der Waals surface area contributed by atoms with Crippen molar-refractivity contribution >= 4 is 11.3 Å². The van der Waals surface area contributed by atoms with Gasteiger partial charge in [-0.05, 0) is 32.4 Å². The van der Waals surface area contributed by atoms with Crippen LogP contribution >= 0.6 is 11.3 Å². The lowest BCUT2D eigenvalue weighted by Gasteiger charge is -2.01. The predicted octanol–water partition coefficient (Wildman–Crippen LogP) is 4.04.